The lowest BCUT2D eigenvalue weighted by atomic mass is 9.93. The highest BCUT2D eigenvalue weighted by Gasteiger charge is 2.17. The minimum Gasteiger partial charge on any atom is -0.310 e. The Hall–Kier alpha value is -7.16. The van der Waals surface area contributed by atoms with Crippen molar-refractivity contribution in [2.45, 2.75) is 19.3 Å². The summed E-state index contributed by atoms with van der Waals surface area (Å²) in [6.07, 6.45) is 0.949. The van der Waals surface area contributed by atoms with E-state index in [1.54, 1.807) is 0 Å². The van der Waals surface area contributed by atoms with Crippen LogP contribution in [0.4, 0.5) is 34.1 Å². The van der Waals surface area contributed by atoms with Crippen molar-refractivity contribution < 1.29 is 0 Å². The van der Waals surface area contributed by atoms with Crippen LogP contribution in [0.2, 0.25) is 0 Å². The first-order chi connectivity index (χ1) is 28.1. The third-order valence-corrected chi connectivity index (χ3v) is 11.4. The van der Waals surface area contributed by atoms with E-state index in [-0.39, 0.29) is 0 Å². The third kappa shape index (κ3) is 6.88. The molecule has 0 fully saturated rings. The quantitative estimate of drug-likeness (QED) is 0.146. The van der Waals surface area contributed by atoms with Gasteiger partial charge in [0.15, 0.2) is 0 Å². The predicted octanol–water partition coefficient (Wildman–Crippen LogP) is 15.6. The van der Waals surface area contributed by atoms with Crippen LogP contribution in [-0.2, 0) is 6.42 Å². The first kappa shape index (κ1) is 34.3. The Labute approximate surface area is 334 Å². The second-order valence-electron chi connectivity index (χ2n) is 15.2. The van der Waals surface area contributed by atoms with E-state index < -0.39 is 0 Å². The zero-order valence-electron chi connectivity index (χ0n) is 32.0. The lowest BCUT2D eigenvalue weighted by Crippen LogP contribution is -2.10. The summed E-state index contributed by atoms with van der Waals surface area (Å²) in [5.41, 5.74) is 9.51. The molecular weight excluding hydrogens is 689 g/mol. The van der Waals surface area contributed by atoms with Gasteiger partial charge in [0.1, 0.15) is 0 Å². The van der Waals surface area contributed by atoms with E-state index in [0.29, 0.717) is 5.92 Å². The maximum absolute atomic E-state index is 2.38. The smallest absolute Gasteiger partial charge is 0.0468 e. The van der Waals surface area contributed by atoms with Crippen molar-refractivity contribution in [3.63, 3.8) is 0 Å². The highest BCUT2D eigenvalue weighted by molar-refractivity contribution is 5.94. The first-order valence-corrected chi connectivity index (χ1v) is 19.9. The third-order valence-electron chi connectivity index (χ3n) is 11.4. The van der Waals surface area contributed by atoms with Crippen molar-refractivity contribution >= 4 is 77.2 Å². The second kappa shape index (κ2) is 14.8. The number of anilines is 6. The zero-order chi connectivity index (χ0) is 38.1. The number of nitrogens with zero attached hydrogens (tertiary/aromatic N) is 2. The molecule has 0 spiro atoms. The monoisotopic (exact) mass is 730 g/mol. The van der Waals surface area contributed by atoms with Crippen molar-refractivity contribution in [3.8, 4) is 0 Å². The summed E-state index contributed by atoms with van der Waals surface area (Å²) >= 11 is 0. The van der Waals surface area contributed by atoms with Crippen LogP contribution in [0.25, 0.3) is 43.1 Å². The molecule has 0 aliphatic carbocycles. The van der Waals surface area contributed by atoms with Gasteiger partial charge in [0.25, 0.3) is 0 Å². The van der Waals surface area contributed by atoms with Gasteiger partial charge in [0, 0.05) is 34.1 Å². The molecule has 10 aromatic carbocycles. The Balaban J connectivity index is 0.938. The summed E-state index contributed by atoms with van der Waals surface area (Å²) in [6, 6.07) is 79.7. The molecule has 2 heteroatoms. The Morgan fingerprint density at radius 1 is 0.298 bits per heavy atom. The van der Waals surface area contributed by atoms with Crippen LogP contribution in [-0.4, -0.2) is 0 Å². The molecule has 0 aliphatic heterocycles. The van der Waals surface area contributed by atoms with E-state index >= 15 is 0 Å². The van der Waals surface area contributed by atoms with Crippen LogP contribution in [0.15, 0.2) is 218 Å². The van der Waals surface area contributed by atoms with Gasteiger partial charge in [-0.25, -0.2) is 0 Å². The maximum atomic E-state index is 2.38. The molecule has 0 N–H and O–H groups in total. The fourth-order valence-corrected chi connectivity index (χ4v) is 8.36. The number of hydrogen-bond acceptors (Lipinski definition) is 2. The van der Waals surface area contributed by atoms with E-state index in [4.69, 9.17) is 0 Å². The fourth-order valence-electron chi connectivity index (χ4n) is 8.36. The van der Waals surface area contributed by atoms with Crippen LogP contribution in [0.1, 0.15) is 24.0 Å². The molecule has 0 amide bonds. The minimum absolute atomic E-state index is 0.344. The van der Waals surface area contributed by atoms with Crippen molar-refractivity contribution in [2.24, 2.45) is 0 Å². The van der Waals surface area contributed by atoms with Gasteiger partial charge >= 0.3 is 0 Å². The average molecular weight is 731 g/mol. The Bertz CT molecular complexity index is 2860. The van der Waals surface area contributed by atoms with Crippen LogP contribution in [0.3, 0.4) is 0 Å². The van der Waals surface area contributed by atoms with Gasteiger partial charge in [0.05, 0.1) is 0 Å². The molecule has 0 saturated heterocycles. The average Bonchev–Trinajstić information content (AvgIpc) is 3.27. The normalized spacial score (nSPS) is 11.9. The van der Waals surface area contributed by atoms with Crippen molar-refractivity contribution in [1.29, 1.82) is 0 Å². The highest BCUT2D eigenvalue weighted by Crippen LogP contribution is 2.40. The molecule has 10 rings (SSSR count). The van der Waals surface area contributed by atoms with Gasteiger partial charge in [-0.1, -0.05) is 153 Å². The molecular formula is C55H42N2. The summed E-state index contributed by atoms with van der Waals surface area (Å²) in [6.45, 7) is 2.34. The molecule has 0 bridgehead atoms. The van der Waals surface area contributed by atoms with E-state index in [1.807, 2.05) is 0 Å². The van der Waals surface area contributed by atoms with Crippen molar-refractivity contribution in [2.75, 3.05) is 9.80 Å². The molecule has 1 atom stereocenters. The van der Waals surface area contributed by atoms with E-state index in [2.05, 4.69) is 235 Å². The van der Waals surface area contributed by atoms with E-state index in [1.165, 1.54) is 54.2 Å². The zero-order valence-corrected chi connectivity index (χ0v) is 32.0. The molecule has 0 aromatic heterocycles. The number of rotatable bonds is 9. The van der Waals surface area contributed by atoms with Crippen molar-refractivity contribution in [3.05, 3.63) is 230 Å². The van der Waals surface area contributed by atoms with Crippen LogP contribution < -0.4 is 9.80 Å². The Kier molecular flexibility index (Phi) is 8.93. The fraction of sp³-hybridized carbons (Fsp3) is 0.0545. The number of benzene rings is 10. The molecule has 0 radical (unpaired) electrons. The summed E-state index contributed by atoms with van der Waals surface area (Å²) in [7, 11) is 0. The summed E-state index contributed by atoms with van der Waals surface area (Å²) in [5.74, 6) is 0.344. The molecule has 0 saturated carbocycles. The number of fused-ring (bicyclic) bond motifs is 4. The van der Waals surface area contributed by atoms with Gasteiger partial charge in [-0.2, -0.15) is 0 Å². The van der Waals surface area contributed by atoms with Crippen LogP contribution in [0.5, 0.6) is 0 Å². The molecule has 1 unspecified atom stereocenters. The summed E-state index contributed by atoms with van der Waals surface area (Å²) < 4.78 is 0. The largest absolute Gasteiger partial charge is 0.310 e. The Morgan fingerprint density at radius 3 is 0.912 bits per heavy atom. The SMILES string of the molecule is CC(Cc1ccc(N(c2ccc3ccccc3c2)c2ccc3ccccc3c2)cc1)c1ccc(N(c2ccc3ccccc3c2)c2ccc3ccccc3c2)cc1. The van der Waals surface area contributed by atoms with E-state index in [0.717, 1.165) is 40.5 Å². The lowest BCUT2D eigenvalue weighted by molar-refractivity contribution is 0.759. The van der Waals surface area contributed by atoms with Gasteiger partial charge in [0.2, 0.25) is 0 Å². The second-order valence-corrected chi connectivity index (χ2v) is 15.2. The molecule has 0 aliphatic rings. The van der Waals surface area contributed by atoms with Gasteiger partial charge < -0.3 is 9.80 Å². The Morgan fingerprint density at radius 2 is 0.579 bits per heavy atom. The highest BCUT2D eigenvalue weighted by atomic mass is 15.1. The summed E-state index contributed by atoms with van der Waals surface area (Å²) in [5, 5.41) is 9.90. The van der Waals surface area contributed by atoms with Gasteiger partial charge in [-0.3, -0.25) is 0 Å². The van der Waals surface area contributed by atoms with Gasteiger partial charge in [-0.05, 0) is 139 Å². The lowest BCUT2D eigenvalue weighted by Gasteiger charge is -2.27. The molecule has 272 valence electrons. The molecule has 0 heterocycles. The molecule has 57 heavy (non-hydrogen) atoms. The first-order valence-electron chi connectivity index (χ1n) is 19.9. The maximum Gasteiger partial charge on any atom is 0.0468 e. The van der Waals surface area contributed by atoms with Crippen LogP contribution in [0, 0.1) is 0 Å². The van der Waals surface area contributed by atoms with Crippen molar-refractivity contribution in [1.82, 2.24) is 0 Å². The number of hydrogen-bond donors (Lipinski definition) is 0. The predicted molar refractivity (Wildman–Crippen MR) is 244 cm³/mol. The summed E-state index contributed by atoms with van der Waals surface area (Å²) in [4.78, 5) is 4.75. The van der Waals surface area contributed by atoms with E-state index in [9.17, 15) is 0 Å². The molecule has 2 nitrogen and oxygen atoms in total. The van der Waals surface area contributed by atoms with Gasteiger partial charge in [-0.15, -0.1) is 0 Å². The standard InChI is InChI=1S/C55H42N2/c1-39(41-20-28-51(29-21-41)57(54-32-24-44-12-4-8-16-48(44)37-54)55-33-25-45-13-5-9-17-49(45)38-55)34-40-18-26-50(27-19-40)56(52-30-22-42-10-2-6-14-46(42)35-52)53-31-23-43-11-3-7-15-47(43)36-53/h2-33,35-39H,34H2,1H3. The minimum atomic E-state index is 0.344. The topological polar surface area (TPSA) is 6.48 Å². The van der Waals surface area contributed by atoms with Crippen LogP contribution >= 0.6 is 0 Å². The molecule has 10 aromatic rings.